The second kappa shape index (κ2) is 15.5. The van der Waals surface area contributed by atoms with E-state index in [1.807, 2.05) is 26.0 Å². The van der Waals surface area contributed by atoms with Crippen molar-refractivity contribution in [3.05, 3.63) is 24.2 Å². The first-order valence-electron chi connectivity index (χ1n) is 10.5. The van der Waals surface area contributed by atoms with Gasteiger partial charge in [0.05, 0.1) is 18.8 Å². The molecule has 0 aromatic carbocycles. The molecule has 7 nitrogen and oxygen atoms in total. The van der Waals surface area contributed by atoms with Crippen molar-refractivity contribution < 1.29 is 18.7 Å². The highest BCUT2D eigenvalue weighted by atomic mass is 127. The molecule has 0 aliphatic heterocycles. The molecule has 0 atom stereocenters. The summed E-state index contributed by atoms with van der Waals surface area (Å²) in [5.74, 6) is 1.76. The normalized spacial score (nSPS) is 19.3. The van der Waals surface area contributed by atoms with Crippen LogP contribution in [-0.4, -0.2) is 50.9 Å². The quantitative estimate of drug-likeness (QED) is 0.152. The lowest BCUT2D eigenvalue weighted by Gasteiger charge is -2.29. The van der Waals surface area contributed by atoms with Gasteiger partial charge in [-0.05, 0) is 58.1 Å². The standard InChI is InChI=1S/C21H35N3O4.HI/c1-3-26-15-6-13-22-21(23-14-12-19-7-5-16-28-19)24-18-10-8-17(9-11-18)20(25)27-4-2;/h5,7,16-18H,3-4,6,8-15H2,1-2H3,(H2,22,23,24);1H. The van der Waals surface area contributed by atoms with Gasteiger partial charge >= 0.3 is 5.97 Å². The summed E-state index contributed by atoms with van der Waals surface area (Å²) in [7, 11) is 0. The van der Waals surface area contributed by atoms with Gasteiger partial charge in [0.2, 0.25) is 0 Å². The van der Waals surface area contributed by atoms with Crippen LogP contribution in [0.15, 0.2) is 27.8 Å². The average Bonchev–Trinajstić information content (AvgIpc) is 3.22. The van der Waals surface area contributed by atoms with Crippen LogP contribution in [-0.2, 0) is 20.7 Å². The summed E-state index contributed by atoms with van der Waals surface area (Å²) >= 11 is 0. The number of rotatable bonds is 11. The van der Waals surface area contributed by atoms with Crippen molar-refractivity contribution in [1.29, 1.82) is 0 Å². The first-order chi connectivity index (χ1) is 13.7. The fraction of sp³-hybridized carbons (Fsp3) is 0.714. The zero-order valence-corrected chi connectivity index (χ0v) is 20.0. The van der Waals surface area contributed by atoms with Crippen molar-refractivity contribution in [2.24, 2.45) is 10.9 Å². The van der Waals surface area contributed by atoms with Crippen molar-refractivity contribution in [2.75, 3.05) is 32.9 Å². The fourth-order valence-corrected chi connectivity index (χ4v) is 3.34. The third-order valence-electron chi connectivity index (χ3n) is 4.85. The van der Waals surface area contributed by atoms with Crippen molar-refractivity contribution in [1.82, 2.24) is 10.6 Å². The van der Waals surface area contributed by atoms with Gasteiger partial charge in [-0.1, -0.05) is 0 Å². The minimum Gasteiger partial charge on any atom is -0.469 e. The van der Waals surface area contributed by atoms with Crippen molar-refractivity contribution in [2.45, 2.75) is 58.4 Å². The Kier molecular flexibility index (Phi) is 13.8. The number of hydrogen-bond acceptors (Lipinski definition) is 5. The Morgan fingerprint density at radius 1 is 1.24 bits per heavy atom. The van der Waals surface area contributed by atoms with Crippen molar-refractivity contribution in [3.8, 4) is 0 Å². The predicted molar refractivity (Wildman–Crippen MR) is 125 cm³/mol. The van der Waals surface area contributed by atoms with E-state index in [2.05, 4.69) is 15.6 Å². The van der Waals surface area contributed by atoms with Crippen LogP contribution in [0.5, 0.6) is 0 Å². The number of nitrogens with one attached hydrogen (secondary N) is 2. The molecule has 1 saturated carbocycles. The minimum absolute atomic E-state index is 0. The lowest BCUT2D eigenvalue weighted by Crippen LogP contribution is -2.46. The number of hydrogen-bond donors (Lipinski definition) is 2. The van der Waals surface area contributed by atoms with Crippen LogP contribution in [0.1, 0.15) is 51.7 Å². The van der Waals surface area contributed by atoms with Gasteiger partial charge in [0.1, 0.15) is 5.76 Å². The summed E-state index contributed by atoms with van der Waals surface area (Å²) in [6.45, 7) is 7.24. The number of halogens is 1. The maximum absolute atomic E-state index is 11.9. The zero-order chi connectivity index (χ0) is 20.0. The van der Waals surface area contributed by atoms with E-state index in [1.54, 1.807) is 6.26 Å². The predicted octanol–water partition coefficient (Wildman–Crippen LogP) is 3.52. The summed E-state index contributed by atoms with van der Waals surface area (Å²) in [5, 5.41) is 6.93. The summed E-state index contributed by atoms with van der Waals surface area (Å²) in [6, 6.07) is 4.20. The summed E-state index contributed by atoms with van der Waals surface area (Å²) < 4.78 is 15.9. The lowest BCUT2D eigenvalue weighted by atomic mass is 9.86. The SMILES string of the molecule is CCOCCCN=C(NCCc1ccco1)NC1CCC(C(=O)OCC)CC1.I. The monoisotopic (exact) mass is 521 g/mol. The van der Waals surface area contributed by atoms with E-state index < -0.39 is 0 Å². The largest absolute Gasteiger partial charge is 0.469 e. The van der Waals surface area contributed by atoms with Gasteiger partial charge in [0.25, 0.3) is 0 Å². The second-order valence-corrected chi connectivity index (χ2v) is 6.98. The second-order valence-electron chi connectivity index (χ2n) is 6.98. The van der Waals surface area contributed by atoms with E-state index in [0.29, 0.717) is 19.2 Å². The molecule has 8 heteroatoms. The fourth-order valence-electron chi connectivity index (χ4n) is 3.34. The Labute approximate surface area is 191 Å². The number of esters is 1. The van der Waals surface area contributed by atoms with Crippen molar-refractivity contribution >= 4 is 35.9 Å². The van der Waals surface area contributed by atoms with Gasteiger partial charge in [-0.15, -0.1) is 24.0 Å². The van der Waals surface area contributed by atoms with Crippen LogP contribution in [0.4, 0.5) is 0 Å². The molecule has 0 saturated heterocycles. The third-order valence-corrected chi connectivity index (χ3v) is 4.85. The van der Waals surface area contributed by atoms with E-state index in [1.165, 1.54) is 0 Å². The molecular formula is C21H36IN3O4. The van der Waals surface area contributed by atoms with Crippen LogP contribution < -0.4 is 10.6 Å². The van der Waals surface area contributed by atoms with Gasteiger partial charge in [-0.3, -0.25) is 9.79 Å². The Bertz CT molecular complexity index is 572. The van der Waals surface area contributed by atoms with E-state index in [0.717, 1.165) is 70.0 Å². The van der Waals surface area contributed by atoms with Crippen LogP contribution in [0.25, 0.3) is 0 Å². The maximum atomic E-state index is 11.9. The number of nitrogens with zero attached hydrogens (tertiary/aromatic N) is 1. The summed E-state index contributed by atoms with van der Waals surface area (Å²) in [5.41, 5.74) is 0. The Morgan fingerprint density at radius 2 is 2.03 bits per heavy atom. The Hall–Kier alpha value is -1.29. The van der Waals surface area contributed by atoms with Crippen LogP contribution in [0, 0.1) is 5.92 Å². The molecular weight excluding hydrogens is 485 g/mol. The van der Waals surface area contributed by atoms with Crippen LogP contribution in [0.3, 0.4) is 0 Å². The molecule has 2 rings (SSSR count). The summed E-state index contributed by atoms with van der Waals surface area (Å²) in [6.07, 6.45) is 7.01. The highest BCUT2D eigenvalue weighted by molar-refractivity contribution is 14.0. The van der Waals surface area contributed by atoms with Gasteiger partial charge in [0, 0.05) is 38.8 Å². The van der Waals surface area contributed by atoms with Crippen molar-refractivity contribution in [3.63, 3.8) is 0 Å². The van der Waals surface area contributed by atoms with E-state index in [4.69, 9.17) is 13.9 Å². The lowest BCUT2D eigenvalue weighted by molar-refractivity contribution is -0.149. The molecule has 1 fully saturated rings. The molecule has 0 bridgehead atoms. The van der Waals surface area contributed by atoms with Gasteiger partial charge in [-0.25, -0.2) is 0 Å². The van der Waals surface area contributed by atoms with Gasteiger partial charge in [0.15, 0.2) is 5.96 Å². The molecule has 29 heavy (non-hydrogen) atoms. The van der Waals surface area contributed by atoms with Crippen LogP contribution >= 0.6 is 24.0 Å². The number of carbonyl (C=O) groups excluding carboxylic acids is 1. The highest BCUT2D eigenvalue weighted by Gasteiger charge is 2.27. The third kappa shape index (κ3) is 10.3. The maximum Gasteiger partial charge on any atom is 0.308 e. The number of guanidine groups is 1. The topological polar surface area (TPSA) is 85.1 Å². The molecule has 1 aliphatic rings. The Balaban J connectivity index is 0.00000420. The van der Waals surface area contributed by atoms with E-state index in [-0.39, 0.29) is 35.9 Å². The minimum atomic E-state index is -0.0534. The summed E-state index contributed by atoms with van der Waals surface area (Å²) in [4.78, 5) is 16.6. The molecule has 166 valence electrons. The number of carbonyl (C=O) groups is 1. The number of aliphatic imine (C=N–C) groups is 1. The molecule has 1 heterocycles. The molecule has 0 spiro atoms. The smallest absolute Gasteiger partial charge is 0.308 e. The van der Waals surface area contributed by atoms with E-state index in [9.17, 15) is 4.79 Å². The molecule has 0 amide bonds. The first-order valence-corrected chi connectivity index (χ1v) is 10.5. The highest BCUT2D eigenvalue weighted by Crippen LogP contribution is 2.25. The zero-order valence-electron chi connectivity index (χ0n) is 17.7. The van der Waals surface area contributed by atoms with Gasteiger partial charge < -0.3 is 24.5 Å². The number of ether oxygens (including phenoxy) is 2. The Morgan fingerprint density at radius 3 is 2.69 bits per heavy atom. The molecule has 1 aromatic heterocycles. The molecule has 0 radical (unpaired) electrons. The molecule has 1 aromatic rings. The van der Waals surface area contributed by atoms with Crippen LogP contribution in [0.2, 0.25) is 0 Å². The van der Waals surface area contributed by atoms with E-state index >= 15 is 0 Å². The molecule has 0 unspecified atom stereocenters. The average molecular weight is 521 g/mol. The molecule has 1 aliphatic carbocycles. The molecule has 2 N–H and O–H groups in total. The van der Waals surface area contributed by atoms with Gasteiger partial charge in [-0.2, -0.15) is 0 Å². The first kappa shape index (κ1) is 25.7. The number of furan rings is 1.